The highest BCUT2D eigenvalue weighted by molar-refractivity contribution is 6.03. The van der Waals surface area contributed by atoms with E-state index in [1.165, 1.54) is 19.2 Å². The maximum atomic E-state index is 12.4. The van der Waals surface area contributed by atoms with E-state index in [1.54, 1.807) is 18.2 Å². The Bertz CT molecular complexity index is 962. The molecule has 0 atom stereocenters. The zero-order valence-electron chi connectivity index (χ0n) is 13.9. The van der Waals surface area contributed by atoms with Gasteiger partial charge in [-0.2, -0.15) is 5.10 Å². The smallest absolute Gasteiger partial charge is 0.276 e. The maximum absolute atomic E-state index is 12.4. The van der Waals surface area contributed by atoms with E-state index in [4.69, 9.17) is 4.74 Å². The lowest BCUT2D eigenvalue weighted by Gasteiger charge is -2.12. The molecule has 6 heteroatoms. The summed E-state index contributed by atoms with van der Waals surface area (Å²) in [6.07, 6.45) is 0. The predicted octanol–water partition coefficient (Wildman–Crippen LogP) is 3.13. The summed E-state index contributed by atoms with van der Waals surface area (Å²) in [5.41, 5.74) is 1.52. The Hall–Kier alpha value is -3.41. The number of hydrogen-bond donors (Lipinski definition) is 1. The van der Waals surface area contributed by atoms with Gasteiger partial charge in [0.05, 0.1) is 5.69 Å². The molecule has 0 aliphatic rings. The fourth-order valence-electron chi connectivity index (χ4n) is 2.20. The van der Waals surface area contributed by atoms with Crippen LogP contribution >= 0.6 is 0 Å². The third-order valence-corrected chi connectivity index (χ3v) is 3.58. The highest BCUT2D eigenvalue weighted by atomic mass is 16.5. The minimum absolute atomic E-state index is 0.146. The Morgan fingerprint density at radius 2 is 1.76 bits per heavy atom. The molecule has 0 spiro atoms. The maximum Gasteiger partial charge on any atom is 0.276 e. The molecule has 2 aromatic carbocycles. The minimum atomic E-state index is -0.421. The molecule has 0 aliphatic heterocycles. The van der Waals surface area contributed by atoms with Crippen LogP contribution in [-0.2, 0) is 7.05 Å². The molecule has 1 amide bonds. The van der Waals surface area contributed by atoms with Crippen LogP contribution in [0.3, 0.4) is 0 Å². The van der Waals surface area contributed by atoms with Crippen molar-refractivity contribution < 1.29 is 9.53 Å². The Labute approximate surface area is 144 Å². The van der Waals surface area contributed by atoms with Crippen molar-refractivity contribution in [1.82, 2.24) is 9.78 Å². The second kappa shape index (κ2) is 7.00. The fourth-order valence-corrected chi connectivity index (χ4v) is 2.20. The van der Waals surface area contributed by atoms with Gasteiger partial charge in [0.2, 0.25) is 0 Å². The second-order valence-electron chi connectivity index (χ2n) is 5.55. The van der Waals surface area contributed by atoms with E-state index in [2.05, 4.69) is 10.4 Å². The number of amides is 1. The number of anilines is 1. The number of nitrogens with zero attached hydrogens (tertiary/aromatic N) is 2. The summed E-state index contributed by atoms with van der Waals surface area (Å²) in [5, 5.41) is 6.71. The van der Waals surface area contributed by atoms with Crippen LogP contribution < -0.4 is 15.6 Å². The molecule has 1 aromatic heterocycles. The largest absolute Gasteiger partial charge is 0.455 e. The lowest BCUT2D eigenvalue weighted by molar-refractivity contribution is 0.101. The van der Waals surface area contributed by atoms with E-state index in [1.807, 2.05) is 37.3 Å². The van der Waals surface area contributed by atoms with Crippen molar-refractivity contribution >= 4 is 11.6 Å². The first-order valence-electron chi connectivity index (χ1n) is 7.72. The molecule has 0 aliphatic carbocycles. The van der Waals surface area contributed by atoms with Gasteiger partial charge in [-0.25, -0.2) is 4.68 Å². The molecule has 0 fully saturated rings. The first-order valence-corrected chi connectivity index (χ1v) is 7.72. The molecule has 6 nitrogen and oxygen atoms in total. The van der Waals surface area contributed by atoms with Crippen LogP contribution in [0.25, 0.3) is 0 Å². The molecule has 25 heavy (non-hydrogen) atoms. The van der Waals surface area contributed by atoms with Gasteiger partial charge < -0.3 is 10.1 Å². The molecule has 1 heterocycles. The Balaban J connectivity index is 1.82. The molecule has 126 valence electrons. The van der Waals surface area contributed by atoms with Gasteiger partial charge in [0.15, 0.2) is 5.75 Å². The number of hydrogen-bond acceptors (Lipinski definition) is 4. The normalized spacial score (nSPS) is 10.3. The second-order valence-corrected chi connectivity index (χ2v) is 5.55. The van der Waals surface area contributed by atoms with Crippen LogP contribution in [0.2, 0.25) is 0 Å². The van der Waals surface area contributed by atoms with Crippen molar-refractivity contribution in [2.75, 3.05) is 5.32 Å². The number of para-hydroxylation sites is 2. The van der Waals surface area contributed by atoms with Crippen molar-refractivity contribution in [3.05, 3.63) is 82.3 Å². The summed E-state index contributed by atoms with van der Waals surface area (Å²) in [5.74, 6) is 0.771. The lowest BCUT2D eigenvalue weighted by Crippen LogP contribution is -2.23. The lowest BCUT2D eigenvalue weighted by atomic mass is 10.2. The summed E-state index contributed by atoms with van der Waals surface area (Å²) in [4.78, 5) is 23.8. The standard InChI is InChI=1S/C19H17N3O3/c1-13-7-9-14(10-8-13)25-17-6-4-3-5-15(17)20-19(24)16-11-12-18(23)22(2)21-16/h3-12H,1-2H3,(H,20,24). The molecular formula is C19H17N3O3. The monoisotopic (exact) mass is 335 g/mol. The van der Waals surface area contributed by atoms with Crippen LogP contribution in [0.1, 0.15) is 16.1 Å². The van der Waals surface area contributed by atoms with E-state index in [-0.39, 0.29) is 11.3 Å². The van der Waals surface area contributed by atoms with Crippen molar-refractivity contribution in [3.63, 3.8) is 0 Å². The van der Waals surface area contributed by atoms with Crippen LogP contribution in [0.5, 0.6) is 11.5 Å². The highest BCUT2D eigenvalue weighted by Gasteiger charge is 2.12. The van der Waals surface area contributed by atoms with E-state index in [0.29, 0.717) is 17.2 Å². The van der Waals surface area contributed by atoms with E-state index >= 15 is 0 Å². The van der Waals surface area contributed by atoms with Gasteiger partial charge in [-0.1, -0.05) is 29.8 Å². The number of aromatic nitrogens is 2. The molecule has 3 rings (SSSR count). The summed E-state index contributed by atoms with van der Waals surface area (Å²) in [7, 11) is 1.49. The fraction of sp³-hybridized carbons (Fsp3) is 0.105. The molecular weight excluding hydrogens is 318 g/mol. The van der Waals surface area contributed by atoms with Crippen LogP contribution in [-0.4, -0.2) is 15.7 Å². The summed E-state index contributed by atoms with van der Waals surface area (Å²) >= 11 is 0. The molecule has 0 unspecified atom stereocenters. The van der Waals surface area contributed by atoms with Gasteiger partial charge in [0, 0.05) is 13.1 Å². The van der Waals surface area contributed by atoms with E-state index in [0.717, 1.165) is 10.2 Å². The zero-order chi connectivity index (χ0) is 17.8. The number of aryl methyl sites for hydroxylation is 2. The first-order chi connectivity index (χ1) is 12.0. The van der Waals surface area contributed by atoms with Crippen LogP contribution in [0.15, 0.2) is 65.5 Å². The quantitative estimate of drug-likeness (QED) is 0.795. The van der Waals surface area contributed by atoms with Gasteiger partial charge in [-0.15, -0.1) is 0 Å². The highest BCUT2D eigenvalue weighted by Crippen LogP contribution is 2.29. The predicted molar refractivity (Wildman–Crippen MR) is 95.1 cm³/mol. The summed E-state index contributed by atoms with van der Waals surface area (Å²) < 4.78 is 6.97. The molecule has 0 saturated carbocycles. The molecule has 0 bridgehead atoms. The average Bonchev–Trinajstić information content (AvgIpc) is 2.61. The van der Waals surface area contributed by atoms with Gasteiger partial charge in [0.25, 0.3) is 11.5 Å². The van der Waals surface area contributed by atoms with Crippen molar-refractivity contribution in [1.29, 1.82) is 0 Å². The Morgan fingerprint density at radius 1 is 1.04 bits per heavy atom. The van der Waals surface area contributed by atoms with E-state index < -0.39 is 5.91 Å². The Kier molecular flexibility index (Phi) is 4.61. The Morgan fingerprint density at radius 3 is 2.48 bits per heavy atom. The molecule has 0 saturated heterocycles. The number of carbonyl (C=O) groups excluding carboxylic acids is 1. The van der Waals surface area contributed by atoms with Gasteiger partial charge >= 0.3 is 0 Å². The first kappa shape index (κ1) is 16.4. The van der Waals surface area contributed by atoms with Crippen molar-refractivity contribution in [3.8, 4) is 11.5 Å². The molecule has 0 radical (unpaired) electrons. The number of rotatable bonds is 4. The van der Waals surface area contributed by atoms with Gasteiger partial charge in [0.1, 0.15) is 11.4 Å². The van der Waals surface area contributed by atoms with Crippen molar-refractivity contribution in [2.24, 2.45) is 7.05 Å². The van der Waals surface area contributed by atoms with Crippen molar-refractivity contribution in [2.45, 2.75) is 6.92 Å². The SMILES string of the molecule is Cc1ccc(Oc2ccccc2NC(=O)c2ccc(=O)n(C)n2)cc1. The third kappa shape index (κ3) is 3.92. The third-order valence-electron chi connectivity index (χ3n) is 3.58. The molecule has 3 aromatic rings. The number of benzene rings is 2. The molecule has 1 N–H and O–H groups in total. The average molecular weight is 335 g/mol. The summed E-state index contributed by atoms with van der Waals surface area (Å²) in [6.45, 7) is 2.00. The topological polar surface area (TPSA) is 73.2 Å². The number of nitrogens with one attached hydrogen (secondary N) is 1. The van der Waals surface area contributed by atoms with Gasteiger partial charge in [-0.05, 0) is 37.3 Å². The van der Waals surface area contributed by atoms with E-state index in [9.17, 15) is 9.59 Å². The van der Waals surface area contributed by atoms with Crippen LogP contribution in [0, 0.1) is 6.92 Å². The summed E-state index contributed by atoms with van der Waals surface area (Å²) in [6, 6.07) is 17.4. The minimum Gasteiger partial charge on any atom is -0.455 e. The number of carbonyl (C=O) groups is 1. The number of ether oxygens (including phenoxy) is 1. The zero-order valence-corrected chi connectivity index (χ0v) is 13.9. The van der Waals surface area contributed by atoms with Gasteiger partial charge in [-0.3, -0.25) is 9.59 Å². The van der Waals surface area contributed by atoms with Crippen LogP contribution in [0.4, 0.5) is 5.69 Å².